The van der Waals surface area contributed by atoms with Crippen LogP contribution < -0.4 is 5.32 Å². The molecule has 2 N–H and O–H groups in total. The smallest absolute Gasteiger partial charge is 0.303 e. The highest BCUT2D eigenvalue weighted by molar-refractivity contribution is 6.00. The number of benzene rings is 1. The second-order valence-corrected chi connectivity index (χ2v) is 6.27. The molecule has 0 spiro atoms. The lowest BCUT2D eigenvalue weighted by Crippen LogP contribution is -2.24. The van der Waals surface area contributed by atoms with Crippen LogP contribution in [-0.4, -0.2) is 23.5 Å². The van der Waals surface area contributed by atoms with Gasteiger partial charge in [0.25, 0.3) is 5.91 Å². The molecule has 1 aromatic heterocycles. The number of nitrogens with one attached hydrogen (secondary N) is 1. The number of carbonyl (C=O) groups excluding carboxylic acids is 1. The van der Waals surface area contributed by atoms with Crippen LogP contribution in [0.4, 0.5) is 0 Å². The van der Waals surface area contributed by atoms with Gasteiger partial charge in [0.1, 0.15) is 5.58 Å². The van der Waals surface area contributed by atoms with Crippen LogP contribution in [0.25, 0.3) is 11.0 Å². The summed E-state index contributed by atoms with van der Waals surface area (Å²) in [6, 6.07) is 4.04. The number of fused-ring (bicyclic) bond motifs is 1. The van der Waals surface area contributed by atoms with Gasteiger partial charge in [-0.1, -0.05) is 25.0 Å². The van der Waals surface area contributed by atoms with Gasteiger partial charge in [-0.2, -0.15) is 0 Å². The van der Waals surface area contributed by atoms with Crippen molar-refractivity contribution in [1.29, 1.82) is 0 Å². The Balaban J connectivity index is 1.90. The molecule has 0 aliphatic heterocycles. The van der Waals surface area contributed by atoms with E-state index < -0.39 is 5.97 Å². The van der Waals surface area contributed by atoms with Crippen molar-refractivity contribution < 1.29 is 19.1 Å². The molecule has 0 radical (unpaired) electrons. The van der Waals surface area contributed by atoms with E-state index in [2.05, 4.69) is 5.32 Å². The molecule has 0 aliphatic carbocycles. The Bertz CT molecular complexity index is 745. The number of amides is 1. The molecule has 0 fully saturated rings. The van der Waals surface area contributed by atoms with Crippen LogP contribution in [0.5, 0.6) is 0 Å². The summed E-state index contributed by atoms with van der Waals surface area (Å²) in [6.07, 6.45) is 3.51. The lowest BCUT2D eigenvalue weighted by atomic mass is 10.0. The van der Waals surface area contributed by atoms with Crippen molar-refractivity contribution in [1.82, 2.24) is 5.32 Å². The van der Waals surface area contributed by atoms with Gasteiger partial charge in [0.2, 0.25) is 0 Å². The number of furan rings is 1. The van der Waals surface area contributed by atoms with Crippen molar-refractivity contribution in [3.63, 3.8) is 0 Å². The van der Waals surface area contributed by atoms with Crippen LogP contribution in [0.2, 0.25) is 0 Å². The van der Waals surface area contributed by atoms with Crippen LogP contribution in [0, 0.1) is 20.8 Å². The van der Waals surface area contributed by atoms with Crippen LogP contribution >= 0.6 is 0 Å². The molecule has 5 nitrogen and oxygen atoms in total. The topological polar surface area (TPSA) is 79.5 Å². The molecule has 0 saturated heterocycles. The third-order valence-corrected chi connectivity index (χ3v) is 4.29. The van der Waals surface area contributed by atoms with Gasteiger partial charge in [0.15, 0.2) is 5.76 Å². The Morgan fingerprint density at radius 3 is 2.38 bits per heavy atom. The molecule has 0 unspecified atom stereocenters. The molecule has 0 saturated carbocycles. The van der Waals surface area contributed by atoms with Crippen molar-refractivity contribution in [3.05, 3.63) is 34.6 Å². The minimum absolute atomic E-state index is 0.187. The Morgan fingerprint density at radius 2 is 1.71 bits per heavy atom. The van der Waals surface area contributed by atoms with Gasteiger partial charge in [-0.25, -0.2) is 0 Å². The highest BCUT2D eigenvalue weighted by Gasteiger charge is 2.19. The molecule has 5 heteroatoms. The zero-order chi connectivity index (χ0) is 17.7. The number of carboxylic acids is 1. The summed E-state index contributed by atoms with van der Waals surface area (Å²) >= 11 is 0. The predicted molar refractivity (Wildman–Crippen MR) is 93.5 cm³/mol. The van der Waals surface area contributed by atoms with Crippen LogP contribution in [0.3, 0.4) is 0 Å². The van der Waals surface area contributed by atoms with Gasteiger partial charge in [-0.3, -0.25) is 9.59 Å². The molecule has 2 rings (SSSR count). The first kappa shape index (κ1) is 18.0. The molecular formula is C19H25NO4. The summed E-state index contributed by atoms with van der Waals surface area (Å²) in [5, 5.41) is 12.5. The molecule has 0 aliphatic rings. The normalized spacial score (nSPS) is 11.0. The van der Waals surface area contributed by atoms with Crippen molar-refractivity contribution in [3.8, 4) is 0 Å². The average molecular weight is 331 g/mol. The van der Waals surface area contributed by atoms with Gasteiger partial charge in [0.05, 0.1) is 0 Å². The summed E-state index contributed by atoms with van der Waals surface area (Å²) in [6.45, 7) is 6.48. The molecule has 0 bridgehead atoms. The van der Waals surface area contributed by atoms with Crippen LogP contribution in [0.1, 0.15) is 59.3 Å². The minimum atomic E-state index is -0.755. The van der Waals surface area contributed by atoms with Gasteiger partial charge < -0.3 is 14.8 Å². The summed E-state index contributed by atoms with van der Waals surface area (Å²) in [5.74, 6) is -0.560. The number of rotatable bonds is 8. The quantitative estimate of drug-likeness (QED) is 0.713. The Morgan fingerprint density at radius 1 is 1.04 bits per heavy atom. The van der Waals surface area contributed by atoms with Gasteiger partial charge >= 0.3 is 5.97 Å². The number of hydrogen-bond acceptors (Lipinski definition) is 3. The number of hydrogen-bond donors (Lipinski definition) is 2. The van der Waals surface area contributed by atoms with E-state index in [1.54, 1.807) is 0 Å². The largest absolute Gasteiger partial charge is 0.481 e. The maximum Gasteiger partial charge on any atom is 0.303 e. The Hall–Kier alpha value is -2.30. The van der Waals surface area contributed by atoms with Crippen molar-refractivity contribution in [2.75, 3.05) is 6.54 Å². The number of aryl methyl sites for hydroxylation is 3. The van der Waals surface area contributed by atoms with E-state index in [9.17, 15) is 9.59 Å². The number of carbonyl (C=O) groups is 2. The van der Waals surface area contributed by atoms with Crippen molar-refractivity contribution in [2.45, 2.75) is 52.9 Å². The van der Waals surface area contributed by atoms with E-state index in [0.29, 0.717) is 18.7 Å². The summed E-state index contributed by atoms with van der Waals surface area (Å²) in [4.78, 5) is 22.8. The molecule has 0 atom stereocenters. The highest BCUT2D eigenvalue weighted by atomic mass is 16.4. The second kappa shape index (κ2) is 7.99. The zero-order valence-electron chi connectivity index (χ0n) is 14.6. The molecule has 1 heterocycles. The maximum atomic E-state index is 12.4. The number of carboxylic acid groups (broad SMARTS) is 1. The molecule has 24 heavy (non-hydrogen) atoms. The van der Waals surface area contributed by atoms with E-state index in [0.717, 1.165) is 46.9 Å². The molecule has 1 aromatic carbocycles. The average Bonchev–Trinajstić information content (AvgIpc) is 2.88. The lowest BCUT2D eigenvalue weighted by Gasteiger charge is -2.04. The van der Waals surface area contributed by atoms with E-state index in [4.69, 9.17) is 9.52 Å². The fraction of sp³-hybridized carbons (Fsp3) is 0.474. The minimum Gasteiger partial charge on any atom is -0.481 e. The lowest BCUT2D eigenvalue weighted by molar-refractivity contribution is -0.137. The monoisotopic (exact) mass is 331 g/mol. The van der Waals surface area contributed by atoms with Gasteiger partial charge in [0, 0.05) is 23.9 Å². The molecular weight excluding hydrogens is 306 g/mol. The number of unbranched alkanes of at least 4 members (excludes halogenated alkanes) is 3. The van der Waals surface area contributed by atoms with E-state index in [1.165, 1.54) is 0 Å². The predicted octanol–water partition coefficient (Wildman–Crippen LogP) is 4.12. The first-order valence-corrected chi connectivity index (χ1v) is 8.41. The van der Waals surface area contributed by atoms with Gasteiger partial charge in [-0.15, -0.1) is 0 Å². The maximum absolute atomic E-state index is 12.4. The zero-order valence-corrected chi connectivity index (χ0v) is 14.6. The summed E-state index contributed by atoms with van der Waals surface area (Å²) in [7, 11) is 0. The third kappa shape index (κ3) is 4.16. The van der Waals surface area contributed by atoms with E-state index in [1.807, 2.05) is 32.9 Å². The standard InChI is InChI=1S/C19H25NO4/c1-12-9-10-13(2)17-16(12)14(3)18(24-17)19(23)20-11-7-5-4-6-8-15(21)22/h9-10H,4-8,11H2,1-3H3,(H,20,23)(H,21,22). The van der Waals surface area contributed by atoms with E-state index in [-0.39, 0.29) is 12.3 Å². The van der Waals surface area contributed by atoms with Gasteiger partial charge in [-0.05, 0) is 44.7 Å². The van der Waals surface area contributed by atoms with Crippen LogP contribution in [0.15, 0.2) is 16.5 Å². The number of aliphatic carboxylic acids is 1. The first-order chi connectivity index (χ1) is 11.4. The summed E-state index contributed by atoms with van der Waals surface area (Å²) < 4.78 is 5.82. The fourth-order valence-electron chi connectivity index (χ4n) is 2.93. The van der Waals surface area contributed by atoms with Crippen LogP contribution in [-0.2, 0) is 4.79 Å². The molecule has 130 valence electrons. The van der Waals surface area contributed by atoms with E-state index >= 15 is 0 Å². The Labute approximate surface area is 142 Å². The SMILES string of the molecule is Cc1ccc(C)c2c(C)c(C(=O)NCCCCCCC(=O)O)oc12. The summed E-state index contributed by atoms with van der Waals surface area (Å²) in [5.41, 5.74) is 3.79. The molecule has 1 amide bonds. The highest BCUT2D eigenvalue weighted by Crippen LogP contribution is 2.30. The van der Waals surface area contributed by atoms with Crippen molar-refractivity contribution >= 4 is 22.8 Å². The third-order valence-electron chi connectivity index (χ3n) is 4.29. The van der Waals surface area contributed by atoms with Crippen molar-refractivity contribution in [2.24, 2.45) is 0 Å². The Kier molecular flexibility index (Phi) is 6.01. The second-order valence-electron chi connectivity index (χ2n) is 6.27. The molecule has 2 aromatic rings. The first-order valence-electron chi connectivity index (χ1n) is 8.41. The fourth-order valence-corrected chi connectivity index (χ4v) is 2.93.